The summed E-state index contributed by atoms with van der Waals surface area (Å²) < 4.78 is 9.66. The maximum Gasteiger partial charge on any atom is 0.333 e. The Morgan fingerprint density at radius 2 is 2.55 bits per heavy atom. The van der Waals surface area contributed by atoms with E-state index >= 15 is 0 Å². The Labute approximate surface area is 66.0 Å². The van der Waals surface area contributed by atoms with Gasteiger partial charge in [-0.05, 0) is 6.42 Å². The molecule has 0 bridgehead atoms. The van der Waals surface area contributed by atoms with Crippen LogP contribution < -0.4 is 0 Å². The fourth-order valence-corrected chi connectivity index (χ4v) is 0.997. The molecule has 11 heavy (non-hydrogen) atoms. The Morgan fingerprint density at radius 1 is 1.82 bits per heavy atom. The molecule has 1 atom stereocenters. The number of carbonyl (C=O) groups excluding carboxylic acids is 1. The van der Waals surface area contributed by atoms with Crippen molar-refractivity contribution in [3.63, 3.8) is 0 Å². The Morgan fingerprint density at radius 3 is 3.00 bits per heavy atom. The lowest BCUT2D eigenvalue weighted by molar-refractivity contribution is -0.135. The van der Waals surface area contributed by atoms with Crippen LogP contribution in [-0.4, -0.2) is 19.7 Å². The van der Waals surface area contributed by atoms with Crippen LogP contribution in [0.1, 0.15) is 13.3 Å². The number of methoxy groups -OCH3 is 1. The lowest BCUT2D eigenvalue weighted by Crippen LogP contribution is -1.99. The highest BCUT2D eigenvalue weighted by atomic mass is 16.5. The number of hydrogen-bond donors (Lipinski definition) is 0. The first-order valence-electron chi connectivity index (χ1n) is 3.66. The van der Waals surface area contributed by atoms with Crippen molar-refractivity contribution in [1.82, 2.24) is 0 Å². The van der Waals surface area contributed by atoms with E-state index < -0.39 is 0 Å². The zero-order chi connectivity index (χ0) is 8.27. The molecule has 1 saturated heterocycles. The SMILES string of the molecule is COC(=O)/C=C1/OCC[C@@H]1C. The number of rotatable bonds is 1. The van der Waals surface area contributed by atoms with E-state index in [1.807, 2.05) is 6.92 Å². The van der Waals surface area contributed by atoms with Crippen molar-refractivity contribution >= 4 is 5.97 Å². The van der Waals surface area contributed by atoms with Crippen LogP contribution in [0.5, 0.6) is 0 Å². The molecule has 0 N–H and O–H groups in total. The van der Waals surface area contributed by atoms with Gasteiger partial charge >= 0.3 is 5.97 Å². The zero-order valence-corrected chi connectivity index (χ0v) is 6.79. The minimum Gasteiger partial charge on any atom is -0.497 e. The fraction of sp³-hybridized carbons (Fsp3) is 0.625. The van der Waals surface area contributed by atoms with Gasteiger partial charge < -0.3 is 9.47 Å². The zero-order valence-electron chi connectivity index (χ0n) is 6.79. The molecule has 0 aromatic rings. The van der Waals surface area contributed by atoms with Crippen LogP contribution in [0.15, 0.2) is 11.8 Å². The molecule has 1 heterocycles. The second-order valence-corrected chi connectivity index (χ2v) is 2.61. The molecule has 0 unspecified atom stereocenters. The third-order valence-electron chi connectivity index (χ3n) is 1.77. The van der Waals surface area contributed by atoms with E-state index in [0.717, 1.165) is 12.2 Å². The molecule has 3 heteroatoms. The number of carbonyl (C=O) groups is 1. The van der Waals surface area contributed by atoms with Gasteiger partial charge in [-0.2, -0.15) is 0 Å². The molecule has 0 aromatic carbocycles. The van der Waals surface area contributed by atoms with Gasteiger partial charge in [-0.1, -0.05) is 6.92 Å². The lowest BCUT2D eigenvalue weighted by Gasteiger charge is -2.01. The van der Waals surface area contributed by atoms with Gasteiger partial charge in [-0.25, -0.2) is 4.79 Å². The van der Waals surface area contributed by atoms with E-state index in [-0.39, 0.29) is 5.97 Å². The summed E-state index contributed by atoms with van der Waals surface area (Å²) in [5, 5.41) is 0. The summed E-state index contributed by atoms with van der Waals surface area (Å²) in [6.45, 7) is 2.74. The van der Waals surface area contributed by atoms with Crippen LogP contribution in [-0.2, 0) is 14.3 Å². The topological polar surface area (TPSA) is 35.5 Å². The van der Waals surface area contributed by atoms with E-state index in [2.05, 4.69) is 4.74 Å². The maximum atomic E-state index is 10.7. The van der Waals surface area contributed by atoms with E-state index in [4.69, 9.17) is 4.74 Å². The molecular formula is C8H12O3. The summed E-state index contributed by atoms with van der Waals surface area (Å²) >= 11 is 0. The van der Waals surface area contributed by atoms with E-state index in [0.29, 0.717) is 12.5 Å². The number of ether oxygens (including phenoxy) is 2. The van der Waals surface area contributed by atoms with Gasteiger partial charge in [0.1, 0.15) is 5.76 Å². The Kier molecular flexibility index (Phi) is 2.52. The fourth-order valence-electron chi connectivity index (χ4n) is 0.997. The second kappa shape index (κ2) is 3.42. The van der Waals surface area contributed by atoms with Crippen LogP contribution in [0.3, 0.4) is 0 Å². The average Bonchev–Trinajstić information content (AvgIpc) is 2.37. The summed E-state index contributed by atoms with van der Waals surface area (Å²) in [4.78, 5) is 10.7. The minimum atomic E-state index is -0.339. The van der Waals surface area contributed by atoms with Crippen LogP contribution in [0.2, 0.25) is 0 Å². The first-order valence-corrected chi connectivity index (χ1v) is 3.66. The van der Waals surface area contributed by atoms with Gasteiger partial charge in [0.2, 0.25) is 0 Å². The van der Waals surface area contributed by atoms with Crippen molar-refractivity contribution in [3.05, 3.63) is 11.8 Å². The van der Waals surface area contributed by atoms with Crippen LogP contribution in [0.4, 0.5) is 0 Å². The highest BCUT2D eigenvalue weighted by Gasteiger charge is 2.18. The molecule has 1 rings (SSSR count). The maximum absolute atomic E-state index is 10.7. The molecule has 0 radical (unpaired) electrons. The highest BCUT2D eigenvalue weighted by Crippen LogP contribution is 2.23. The first kappa shape index (κ1) is 8.11. The smallest absolute Gasteiger partial charge is 0.333 e. The Hall–Kier alpha value is -0.990. The summed E-state index contributed by atoms with van der Waals surface area (Å²) in [7, 11) is 1.36. The van der Waals surface area contributed by atoms with E-state index in [1.54, 1.807) is 0 Å². The predicted octanol–water partition coefficient (Wildman–Crippen LogP) is 1.10. The number of hydrogen-bond acceptors (Lipinski definition) is 3. The standard InChI is InChI=1S/C8H12O3/c1-6-3-4-11-7(6)5-8(9)10-2/h5-6H,3-4H2,1-2H3/b7-5+/t6-/m0/s1. The molecule has 3 nitrogen and oxygen atoms in total. The van der Waals surface area contributed by atoms with Crippen molar-refractivity contribution < 1.29 is 14.3 Å². The largest absolute Gasteiger partial charge is 0.497 e. The molecule has 0 aliphatic carbocycles. The molecule has 0 aromatic heterocycles. The average molecular weight is 156 g/mol. The molecular weight excluding hydrogens is 144 g/mol. The predicted molar refractivity (Wildman–Crippen MR) is 39.8 cm³/mol. The minimum absolute atomic E-state index is 0.339. The Balaban J connectivity index is 2.57. The van der Waals surface area contributed by atoms with Gasteiger partial charge in [-0.3, -0.25) is 0 Å². The molecule has 62 valence electrons. The normalized spacial score (nSPS) is 26.7. The molecule has 0 amide bonds. The number of allylic oxidation sites excluding steroid dienone is 1. The van der Waals surface area contributed by atoms with Gasteiger partial charge in [0.25, 0.3) is 0 Å². The monoisotopic (exact) mass is 156 g/mol. The molecule has 1 aliphatic rings. The Bertz CT molecular complexity index is 184. The van der Waals surface area contributed by atoms with Crippen molar-refractivity contribution in [3.8, 4) is 0 Å². The lowest BCUT2D eigenvalue weighted by atomic mass is 10.1. The van der Waals surface area contributed by atoms with Gasteiger partial charge in [0, 0.05) is 5.92 Å². The highest BCUT2D eigenvalue weighted by molar-refractivity contribution is 5.82. The van der Waals surface area contributed by atoms with E-state index in [9.17, 15) is 4.79 Å². The first-order chi connectivity index (χ1) is 5.24. The van der Waals surface area contributed by atoms with E-state index in [1.165, 1.54) is 13.2 Å². The van der Waals surface area contributed by atoms with Crippen LogP contribution in [0, 0.1) is 5.92 Å². The molecule has 1 fully saturated rings. The third kappa shape index (κ3) is 1.97. The van der Waals surface area contributed by atoms with Gasteiger partial charge in [0.15, 0.2) is 0 Å². The summed E-state index contributed by atoms with van der Waals surface area (Å²) in [6, 6.07) is 0. The van der Waals surface area contributed by atoms with Crippen molar-refractivity contribution in [1.29, 1.82) is 0 Å². The summed E-state index contributed by atoms with van der Waals surface area (Å²) in [6.07, 6.45) is 2.40. The third-order valence-corrected chi connectivity index (χ3v) is 1.77. The molecule has 0 spiro atoms. The molecule has 0 saturated carbocycles. The summed E-state index contributed by atoms with van der Waals surface area (Å²) in [5.41, 5.74) is 0. The van der Waals surface area contributed by atoms with Crippen molar-refractivity contribution in [2.75, 3.05) is 13.7 Å². The second-order valence-electron chi connectivity index (χ2n) is 2.61. The van der Waals surface area contributed by atoms with Crippen molar-refractivity contribution in [2.24, 2.45) is 5.92 Å². The quantitative estimate of drug-likeness (QED) is 0.421. The van der Waals surface area contributed by atoms with Crippen LogP contribution in [0.25, 0.3) is 0 Å². The molecule has 1 aliphatic heterocycles. The van der Waals surface area contributed by atoms with Crippen LogP contribution >= 0.6 is 0 Å². The van der Waals surface area contributed by atoms with Gasteiger partial charge in [0.05, 0.1) is 19.8 Å². The van der Waals surface area contributed by atoms with Crippen molar-refractivity contribution in [2.45, 2.75) is 13.3 Å². The van der Waals surface area contributed by atoms with Gasteiger partial charge in [-0.15, -0.1) is 0 Å². The summed E-state index contributed by atoms with van der Waals surface area (Å²) in [5.74, 6) is 0.764. The number of esters is 1.